The first-order chi connectivity index (χ1) is 8.21. The Morgan fingerprint density at radius 1 is 1.61 bits per heavy atom. The number of hydroxylamine groups is 3. The predicted octanol–water partition coefficient (Wildman–Crippen LogP) is 2.12. The van der Waals surface area contributed by atoms with Crippen LogP contribution in [0.1, 0.15) is 6.92 Å². The van der Waals surface area contributed by atoms with Crippen molar-refractivity contribution in [1.29, 1.82) is 0 Å². The van der Waals surface area contributed by atoms with Crippen LogP contribution in [-0.2, 0) is 4.74 Å². The number of fused-ring (bicyclic) bond motifs is 1. The van der Waals surface area contributed by atoms with Gasteiger partial charge in [0, 0.05) is 6.92 Å². The summed E-state index contributed by atoms with van der Waals surface area (Å²) < 4.78 is 29.0. The number of nitrogens with zero attached hydrogens (tertiary/aromatic N) is 2. The molecule has 0 amide bonds. The van der Waals surface area contributed by atoms with Gasteiger partial charge in [-0.05, 0) is 12.2 Å². The van der Waals surface area contributed by atoms with E-state index >= 15 is 0 Å². The van der Waals surface area contributed by atoms with E-state index in [0.717, 1.165) is 0 Å². The number of amidine groups is 1. The van der Waals surface area contributed by atoms with Gasteiger partial charge >= 0.3 is 6.11 Å². The van der Waals surface area contributed by atoms with E-state index in [1.807, 2.05) is 0 Å². The Morgan fingerprint density at radius 2 is 2.28 bits per heavy atom. The second-order valence-electron chi connectivity index (χ2n) is 3.99. The third-order valence-corrected chi connectivity index (χ3v) is 2.64. The molecule has 0 saturated carbocycles. The van der Waals surface area contributed by atoms with Crippen molar-refractivity contribution in [2.24, 2.45) is 10.7 Å². The molecule has 2 aliphatic rings. The molecule has 18 heavy (non-hydrogen) atoms. The largest absolute Gasteiger partial charge is 0.621 e. The molecule has 1 unspecified atom stereocenters. The van der Waals surface area contributed by atoms with E-state index in [1.54, 1.807) is 0 Å². The lowest BCUT2D eigenvalue weighted by molar-refractivity contribution is -0.729. The number of rotatable bonds is 2. The van der Waals surface area contributed by atoms with Gasteiger partial charge in [-0.3, -0.25) is 4.65 Å². The molecule has 2 rings (SSSR count). The van der Waals surface area contributed by atoms with Crippen molar-refractivity contribution in [3.05, 3.63) is 40.2 Å². The molecule has 5 nitrogen and oxygen atoms in total. The number of aliphatic imine (C=N–C) groups is 1. The van der Waals surface area contributed by atoms with Crippen LogP contribution in [0.5, 0.6) is 0 Å². The molecule has 0 aromatic carbocycles. The summed E-state index contributed by atoms with van der Waals surface area (Å²) in [4.78, 5) is 3.74. The number of halogens is 3. The highest BCUT2D eigenvalue weighted by Gasteiger charge is 2.38. The zero-order valence-corrected chi connectivity index (χ0v) is 10.1. The third-order valence-electron chi connectivity index (χ3n) is 2.32. The molecule has 2 heterocycles. The molecule has 98 valence electrons. The van der Waals surface area contributed by atoms with Crippen LogP contribution in [0.3, 0.4) is 0 Å². The number of alkyl halides is 2. The molecule has 0 spiro atoms. The van der Waals surface area contributed by atoms with Crippen molar-refractivity contribution in [3.63, 3.8) is 0 Å². The van der Waals surface area contributed by atoms with Crippen LogP contribution in [-0.4, -0.2) is 23.1 Å². The first kappa shape index (κ1) is 13.0. The predicted molar refractivity (Wildman–Crippen MR) is 61.9 cm³/mol. The molecule has 0 aliphatic carbocycles. The Kier molecular flexibility index (Phi) is 2.92. The number of hydrogen-bond donors (Lipinski definition) is 1. The Hall–Kier alpha value is -1.44. The van der Waals surface area contributed by atoms with E-state index in [-0.39, 0.29) is 29.0 Å². The van der Waals surface area contributed by atoms with E-state index in [4.69, 9.17) is 17.3 Å². The van der Waals surface area contributed by atoms with Gasteiger partial charge in [0.15, 0.2) is 5.16 Å². The molecule has 0 aromatic rings. The van der Waals surface area contributed by atoms with Gasteiger partial charge in [-0.1, -0.05) is 11.6 Å². The zero-order chi connectivity index (χ0) is 13.6. The van der Waals surface area contributed by atoms with Crippen molar-refractivity contribution in [1.82, 2.24) is 0 Å². The summed E-state index contributed by atoms with van der Waals surface area (Å²) in [5.74, 6) is -0.552. The molecule has 2 aliphatic heterocycles. The fourth-order valence-electron chi connectivity index (χ4n) is 1.62. The molecule has 2 N–H and O–H groups in total. The second-order valence-corrected chi connectivity index (χ2v) is 4.35. The van der Waals surface area contributed by atoms with Crippen LogP contribution in [0.2, 0.25) is 0 Å². The van der Waals surface area contributed by atoms with Crippen LogP contribution < -0.4 is 5.73 Å². The van der Waals surface area contributed by atoms with E-state index in [9.17, 15) is 14.0 Å². The number of hydrogen-bond acceptors (Lipinski definition) is 4. The van der Waals surface area contributed by atoms with Crippen molar-refractivity contribution >= 4 is 17.4 Å². The lowest BCUT2D eigenvalue weighted by atomic mass is 10.2. The van der Waals surface area contributed by atoms with Crippen LogP contribution in [0.25, 0.3) is 0 Å². The highest BCUT2D eigenvalue weighted by Crippen LogP contribution is 2.31. The topological polar surface area (TPSA) is 70.7 Å². The fourth-order valence-corrected chi connectivity index (χ4v) is 1.76. The van der Waals surface area contributed by atoms with E-state index in [0.29, 0.717) is 6.92 Å². The molecule has 0 radical (unpaired) electrons. The van der Waals surface area contributed by atoms with Crippen LogP contribution in [0.4, 0.5) is 8.78 Å². The van der Waals surface area contributed by atoms with E-state index in [2.05, 4.69) is 9.73 Å². The van der Waals surface area contributed by atoms with Gasteiger partial charge in [0.25, 0.3) is 5.84 Å². The molecule has 0 aromatic heterocycles. The minimum atomic E-state index is -3.41. The maximum Gasteiger partial charge on any atom is 0.395 e. The minimum Gasteiger partial charge on any atom is -0.621 e. The van der Waals surface area contributed by atoms with Gasteiger partial charge < -0.3 is 15.7 Å². The zero-order valence-electron chi connectivity index (χ0n) is 9.36. The van der Waals surface area contributed by atoms with Crippen molar-refractivity contribution < 1.29 is 18.2 Å². The average molecular weight is 278 g/mol. The van der Waals surface area contributed by atoms with Gasteiger partial charge in [-0.2, -0.15) is 13.8 Å². The summed E-state index contributed by atoms with van der Waals surface area (Å²) in [5.41, 5.74) is 5.63. The molecule has 8 heteroatoms. The van der Waals surface area contributed by atoms with Crippen molar-refractivity contribution in [2.45, 2.75) is 13.0 Å². The summed E-state index contributed by atoms with van der Waals surface area (Å²) in [6.07, 6.45) is 0.370. The third kappa shape index (κ3) is 2.38. The maximum absolute atomic E-state index is 12.8. The van der Waals surface area contributed by atoms with Crippen LogP contribution >= 0.6 is 11.6 Å². The quantitative estimate of drug-likeness (QED) is 0.477. The average Bonchev–Trinajstić information content (AvgIpc) is 2.19. The van der Waals surface area contributed by atoms with Gasteiger partial charge in [0.2, 0.25) is 5.76 Å². The fraction of sp³-hybridized carbons (Fsp3) is 0.300. The number of nitrogens with two attached hydrogens (primary N) is 1. The number of ether oxygens (including phenoxy) is 1. The molecule has 0 fully saturated rings. The number of quaternary nitrogens is 1. The summed E-state index contributed by atoms with van der Waals surface area (Å²) in [6.45, 7) is 0.380. The normalized spacial score (nSPS) is 27.6. The van der Waals surface area contributed by atoms with Crippen molar-refractivity contribution in [2.75, 3.05) is 6.54 Å². The van der Waals surface area contributed by atoms with Gasteiger partial charge in [-0.25, -0.2) is 0 Å². The number of allylic oxidation sites excluding steroid dienone is 2. The Morgan fingerprint density at radius 3 is 2.89 bits per heavy atom. The van der Waals surface area contributed by atoms with Crippen LogP contribution in [0, 0.1) is 5.21 Å². The molecule has 0 saturated heterocycles. The first-order valence-corrected chi connectivity index (χ1v) is 5.38. The Bertz CT molecular complexity index is 508. The molecular formula is C10H10ClF2N3O2. The first-order valence-electron chi connectivity index (χ1n) is 5.00. The standard InChI is InChI=1S/C10H10ClF2N3O2/c1-10(12,13)18-7-3-2-4-16(17)5-6(14)8(11)15-9(7)16/h2-4H,5,14H2,1H3. The van der Waals surface area contributed by atoms with E-state index in [1.165, 1.54) is 18.4 Å². The Labute approximate surface area is 107 Å². The summed E-state index contributed by atoms with van der Waals surface area (Å²) >= 11 is 5.71. The van der Waals surface area contributed by atoms with Gasteiger partial charge in [0.1, 0.15) is 18.4 Å². The lowest BCUT2D eigenvalue weighted by Gasteiger charge is -2.42. The molecule has 1 atom stereocenters. The van der Waals surface area contributed by atoms with Crippen molar-refractivity contribution in [3.8, 4) is 0 Å². The Balaban J connectivity index is 2.42. The summed E-state index contributed by atoms with van der Waals surface area (Å²) in [6, 6.07) is 0. The smallest absolute Gasteiger partial charge is 0.395 e. The summed E-state index contributed by atoms with van der Waals surface area (Å²) in [5, 5.41) is 12.3. The SMILES string of the molecule is CC(F)(F)OC1=CC=C[N+]2([O-])CC(N)=C(Cl)N=C12. The second kappa shape index (κ2) is 4.04. The van der Waals surface area contributed by atoms with E-state index < -0.39 is 10.8 Å². The monoisotopic (exact) mass is 277 g/mol. The highest BCUT2D eigenvalue weighted by atomic mass is 35.5. The molecule has 0 bridgehead atoms. The molecular weight excluding hydrogens is 268 g/mol. The minimum absolute atomic E-state index is 0.0844. The lowest BCUT2D eigenvalue weighted by Crippen LogP contribution is -2.50. The maximum atomic E-state index is 12.8. The van der Waals surface area contributed by atoms with Crippen LogP contribution in [0.15, 0.2) is 40.0 Å². The van der Waals surface area contributed by atoms with Gasteiger partial charge in [-0.15, -0.1) is 0 Å². The van der Waals surface area contributed by atoms with Gasteiger partial charge in [0.05, 0.1) is 0 Å². The highest BCUT2D eigenvalue weighted by molar-refractivity contribution is 6.30. The summed E-state index contributed by atoms with van der Waals surface area (Å²) in [7, 11) is 0.